The van der Waals surface area contributed by atoms with E-state index in [0.717, 1.165) is 15.6 Å². The Morgan fingerprint density at radius 2 is 2.28 bits per heavy atom. The zero-order valence-electron chi connectivity index (χ0n) is 8.97. The summed E-state index contributed by atoms with van der Waals surface area (Å²) in [6.07, 6.45) is 1.32. The molecule has 1 N–H and O–H groups in total. The lowest BCUT2D eigenvalue weighted by Gasteiger charge is -2.17. The molecule has 0 spiro atoms. The summed E-state index contributed by atoms with van der Waals surface area (Å²) in [7, 11) is -3.87. The van der Waals surface area contributed by atoms with Crippen molar-refractivity contribution in [2.45, 2.75) is 4.21 Å². The van der Waals surface area contributed by atoms with E-state index in [1.807, 2.05) is 0 Å². The molecule has 0 aliphatic rings. The van der Waals surface area contributed by atoms with Gasteiger partial charge in [-0.15, -0.1) is 17.9 Å². The van der Waals surface area contributed by atoms with Gasteiger partial charge in [-0.05, 0) is 22.0 Å². The van der Waals surface area contributed by atoms with Gasteiger partial charge in [-0.25, -0.2) is 8.42 Å². The van der Waals surface area contributed by atoms with Gasteiger partial charge in [0, 0.05) is 6.54 Å². The fraction of sp³-hybridized carbons (Fsp3) is 0.222. The van der Waals surface area contributed by atoms with Crippen LogP contribution in [0, 0.1) is 0 Å². The third-order valence-electron chi connectivity index (χ3n) is 1.86. The average molecular weight is 375 g/mol. The first kappa shape index (κ1) is 15.6. The third kappa shape index (κ3) is 3.55. The Labute approximate surface area is 122 Å². The van der Waals surface area contributed by atoms with E-state index in [2.05, 4.69) is 22.5 Å². The molecule has 0 bridgehead atoms. The summed E-state index contributed by atoms with van der Waals surface area (Å²) < 4.78 is 25.6. The largest absolute Gasteiger partial charge is 0.480 e. The van der Waals surface area contributed by atoms with E-state index >= 15 is 0 Å². The molecule has 0 saturated heterocycles. The van der Waals surface area contributed by atoms with Crippen molar-refractivity contribution in [2.24, 2.45) is 0 Å². The van der Waals surface area contributed by atoms with E-state index in [9.17, 15) is 13.2 Å². The Morgan fingerprint density at radius 1 is 1.67 bits per heavy atom. The molecule has 0 radical (unpaired) electrons. The number of aliphatic carboxylic acids is 1. The number of carbonyl (C=O) groups is 1. The topological polar surface area (TPSA) is 74.7 Å². The fourth-order valence-corrected chi connectivity index (χ4v) is 5.04. The van der Waals surface area contributed by atoms with Crippen LogP contribution in [-0.4, -0.2) is 36.9 Å². The van der Waals surface area contributed by atoms with Crippen molar-refractivity contribution >= 4 is 54.9 Å². The standard InChI is InChI=1S/C9H9BrClNO4S2/c1-2-3-12(5-7(13)14)18(15,16)8-4-6(11)9(10)17-8/h2,4H,1,3,5H2,(H,13,14). The highest BCUT2D eigenvalue weighted by atomic mass is 79.9. The van der Waals surface area contributed by atoms with Crippen LogP contribution in [0.5, 0.6) is 0 Å². The average Bonchev–Trinajstić information content (AvgIpc) is 2.59. The van der Waals surface area contributed by atoms with E-state index < -0.39 is 22.5 Å². The van der Waals surface area contributed by atoms with Gasteiger partial charge in [0.1, 0.15) is 10.8 Å². The quantitative estimate of drug-likeness (QED) is 0.776. The van der Waals surface area contributed by atoms with Gasteiger partial charge in [-0.1, -0.05) is 17.7 Å². The van der Waals surface area contributed by atoms with Crippen LogP contribution in [0.2, 0.25) is 5.02 Å². The molecule has 100 valence electrons. The molecule has 5 nitrogen and oxygen atoms in total. The van der Waals surface area contributed by atoms with Crippen LogP contribution in [0.4, 0.5) is 0 Å². The van der Waals surface area contributed by atoms with Crippen LogP contribution in [0.15, 0.2) is 26.7 Å². The van der Waals surface area contributed by atoms with E-state index in [-0.39, 0.29) is 15.8 Å². The highest BCUT2D eigenvalue weighted by Crippen LogP contribution is 2.35. The zero-order chi connectivity index (χ0) is 13.9. The first-order valence-corrected chi connectivity index (χ1v) is 7.99. The van der Waals surface area contributed by atoms with Crippen molar-refractivity contribution in [1.82, 2.24) is 4.31 Å². The molecule has 0 fully saturated rings. The fourth-order valence-electron chi connectivity index (χ4n) is 1.12. The molecule has 1 aromatic heterocycles. The number of hydrogen-bond acceptors (Lipinski definition) is 4. The summed E-state index contributed by atoms with van der Waals surface area (Å²) in [5, 5.41) is 8.98. The van der Waals surface area contributed by atoms with Crippen molar-refractivity contribution < 1.29 is 18.3 Å². The first-order valence-electron chi connectivity index (χ1n) is 4.56. The number of nitrogens with zero attached hydrogens (tertiary/aromatic N) is 1. The normalized spacial score (nSPS) is 11.7. The summed E-state index contributed by atoms with van der Waals surface area (Å²) in [4.78, 5) is 10.7. The lowest BCUT2D eigenvalue weighted by Crippen LogP contribution is -2.35. The Balaban J connectivity index is 3.15. The predicted molar refractivity (Wildman–Crippen MR) is 73.6 cm³/mol. The Kier molecular flexibility index (Phi) is 5.35. The molecule has 1 rings (SSSR count). The van der Waals surface area contributed by atoms with Gasteiger partial charge in [0.05, 0.1) is 8.81 Å². The maximum Gasteiger partial charge on any atom is 0.318 e. The molecule has 0 amide bonds. The van der Waals surface area contributed by atoms with E-state index in [1.54, 1.807) is 0 Å². The molecule has 1 heterocycles. The second kappa shape index (κ2) is 6.16. The van der Waals surface area contributed by atoms with Crippen LogP contribution in [0.25, 0.3) is 0 Å². The van der Waals surface area contributed by atoms with Crippen molar-refractivity contribution in [3.63, 3.8) is 0 Å². The number of rotatable bonds is 6. The third-order valence-corrected chi connectivity index (χ3v) is 6.60. The Bertz CT molecular complexity index is 550. The van der Waals surface area contributed by atoms with Gasteiger partial charge in [0.15, 0.2) is 0 Å². The minimum Gasteiger partial charge on any atom is -0.480 e. The molecule has 0 aliphatic heterocycles. The summed E-state index contributed by atoms with van der Waals surface area (Å²) in [5.41, 5.74) is 0. The van der Waals surface area contributed by atoms with Crippen molar-refractivity contribution in [3.05, 3.63) is 27.5 Å². The lowest BCUT2D eigenvalue weighted by molar-refractivity contribution is -0.137. The smallest absolute Gasteiger partial charge is 0.318 e. The van der Waals surface area contributed by atoms with Crippen LogP contribution >= 0.6 is 38.9 Å². The van der Waals surface area contributed by atoms with Gasteiger partial charge in [0.2, 0.25) is 0 Å². The van der Waals surface area contributed by atoms with Crippen molar-refractivity contribution in [1.29, 1.82) is 0 Å². The number of hydrogen-bond donors (Lipinski definition) is 1. The molecule has 0 saturated carbocycles. The summed E-state index contributed by atoms with van der Waals surface area (Å²) >= 11 is 9.81. The van der Waals surface area contributed by atoms with Crippen LogP contribution in [0.3, 0.4) is 0 Å². The van der Waals surface area contributed by atoms with E-state index in [0.29, 0.717) is 3.79 Å². The molecular weight excluding hydrogens is 366 g/mol. The van der Waals surface area contributed by atoms with Gasteiger partial charge in [-0.3, -0.25) is 4.79 Å². The van der Waals surface area contributed by atoms with E-state index in [4.69, 9.17) is 16.7 Å². The summed E-state index contributed by atoms with van der Waals surface area (Å²) in [6, 6.07) is 1.28. The predicted octanol–water partition coefficient (Wildman–Crippen LogP) is 2.43. The van der Waals surface area contributed by atoms with Gasteiger partial charge in [0.25, 0.3) is 10.0 Å². The highest BCUT2D eigenvalue weighted by molar-refractivity contribution is 9.11. The molecule has 0 atom stereocenters. The first-order chi connectivity index (χ1) is 8.28. The Morgan fingerprint density at radius 3 is 2.67 bits per heavy atom. The summed E-state index contributed by atoms with van der Waals surface area (Å²) in [5.74, 6) is -1.23. The lowest BCUT2D eigenvalue weighted by atomic mass is 10.6. The monoisotopic (exact) mass is 373 g/mol. The molecule has 0 unspecified atom stereocenters. The minimum atomic E-state index is -3.87. The molecule has 0 aromatic carbocycles. The number of halogens is 2. The van der Waals surface area contributed by atoms with Gasteiger partial charge in [-0.2, -0.15) is 4.31 Å². The SMILES string of the molecule is C=CCN(CC(=O)O)S(=O)(=O)c1cc(Cl)c(Br)s1. The maximum atomic E-state index is 12.2. The van der Waals surface area contributed by atoms with Gasteiger partial charge < -0.3 is 5.11 Å². The number of thiophene rings is 1. The highest BCUT2D eigenvalue weighted by Gasteiger charge is 2.28. The van der Waals surface area contributed by atoms with Crippen molar-refractivity contribution in [3.8, 4) is 0 Å². The van der Waals surface area contributed by atoms with Gasteiger partial charge >= 0.3 is 5.97 Å². The molecule has 1 aromatic rings. The van der Waals surface area contributed by atoms with Crippen molar-refractivity contribution in [2.75, 3.05) is 13.1 Å². The molecular formula is C9H9BrClNO4S2. The van der Waals surface area contributed by atoms with Crippen LogP contribution < -0.4 is 0 Å². The molecule has 18 heavy (non-hydrogen) atoms. The zero-order valence-corrected chi connectivity index (χ0v) is 12.9. The summed E-state index contributed by atoms with van der Waals surface area (Å²) in [6.45, 7) is 2.70. The number of sulfonamides is 1. The second-order valence-corrected chi connectivity index (χ2v) is 8.11. The van der Waals surface area contributed by atoms with Crippen LogP contribution in [0.1, 0.15) is 0 Å². The minimum absolute atomic E-state index is 0.0116. The Hall–Kier alpha value is -0.410. The molecule has 9 heteroatoms. The molecule has 0 aliphatic carbocycles. The number of carboxylic acid groups (broad SMARTS) is 1. The van der Waals surface area contributed by atoms with E-state index in [1.165, 1.54) is 12.1 Å². The number of carboxylic acids is 1. The maximum absolute atomic E-state index is 12.2. The van der Waals surface area contributed by atoms with Crippen LogP contribution in [-0.2, 0) is 14.8 Å². The second-order valence-electron chi connectivity index (χ2n) is 3.17.